The molecule has 0 fully saturated rings. The highest BCUT2D eigenvalue weighted by molar-refractivity contribution is 5.65. The number of hydrogen-bond donors (Lipinski definition) is 0. The standard InChI is InChI=1S/C16H18/c1-12(2)15-9-13(3)10-16(11-15)14-7-5-4-6-8-14/h4-12H,1-3H3. The smallest absolute Gasteiger partial charge is 0.0179 e. The summed E-state index contributed by atoms with van der Waals surface area (Å²) in [4.78, 5) is 0. The Labute approximate surface area is 97.9 Å². The molecule has 0 aliphatic carbocycles. The third kappa shape index (κ3) is 2.33. The Morgan fingerprint density at radius 3 is 2.12 bits per heavy atom. The lowest BCUT2D eigenvalue weighted by molar-refractivity contribution is 0.865. The molecule has 0 amide bonds. The average Bonchev–Trinajstić information content (AvgIpc) is 2.29. The lowest BCUT2D eigenvalue weighted by atomic mass is 9.95. The molecule has 0 spiro atoms. The molecule has 0 nitrogen and oxygen atoms in total. The Hall–Kier alpha value is -1.56. The minimum absolute atomic E-state index is 0.586. The van der Waals surface area contributed by atoms with Crippen molar-refractivity contribution in [2.24, 2.45) is 0 Å². The molecule has 0 aromatic heterocycles. The zero-order chi connectivity index (χ0) is 11.5. The molecule has 16 heavy (non-hydrogen) atoms. The molecule has 82 valence electrons. The molecule has 0 radical (unpaired) electrons. The van der Waals surface area contributed by atoms with Crippen LogP contribution in [0.15, 0.2) is 48.5 Å². The van der Waals surface area contributed by atoms with Gasteiger partial charge in [0.1, 0.15) is 0 Å². The zero-order valence-electron chi connectivity index (χ0n) is 10.2. The second-order valence-corrected chi connectivity index (χ2v) is 4.65. The summed E-state index contributed by atoms with van der Waals surface area (Å²) in [6, 6.07) is 17.4. The molecular formula is C16H18. The molecule has 0 saturated heterocycles. The highest BCUT2D eigenvalue weighted by Gasteiger charge is 2.03. The van der Waals surface area contributed by atoms with Crippen LogP contribution in [0, 0.1) is 6.92 Å². The summed E-state index contributed by atoms with van der Waals surface area (Å²) in [5.74, 6) is 0.586. The minimum atomic E-state index is 0.586. The van der Waals surface area contributed by atoms with Crippen molar-refractivity contribution in [3.8, 4) is 11.1 Å². The third-order valence-corrected chi connectivity index (χ3v) is 2.87. The fraction of sp³-hybridized carbons (Fsp3) is 0.250. The maximum atomic E-state index is 2.30. The van der Waals surface area contributed by atoms with Crippen molar-refractivity contribution < 1.29 is 0 Å². The molecule has 0 atom stereocenters. The lowest BCUT2D eigenvalue weighted by Crippen LogP contribution is -1.90. The predicted octanol–water partition coefficient (Wildman–Crippen LogP) is 4.79. The molecule has 0 saturated carbocycles. The van der Waals surface area contributed by atoms with Crippen LogP contribution in [0.4, 0.5) is 0 Å². The van der Waals surface area contributed by atoms with Gasteiger partial charge in [0.25, 0.3) is 0 Å². The van der Waals surface area contributed by atoms with Crippen molar-refractivity contribution >= 4 is 0 Å². The number of aryl methyl sites for hydroxylation is 1. The summed E-state index contributed by atoms with van der Waals surface area (Å²) in [6.07, 6.45) is 0. The van der Waals surface area contributed by atoms with Gasteiger partial charge in [0.2, 0.25) is 0 Å². The minimum Gasteiger partial charge on any atom is -0.0622 e. The molecular weight excluding hydrogens is 192 g/mol. The highest BCUT2D eigenvalue weighted by atomic mass is 14.1. The maximum Gasteiger partial charge on any atom is -0.0179 e. The quantitative estimate of drug-likeness (QED) is 0.668. The van der Waals surface area contributed by atoms with E-state index in [1.165, 1.54) is 22.3 Å². The van der Waals surface area contributed by atoms with Crippen LogP contribution < -0.4 is 0 Å². The summed E-state index contributed by atoms with van der Waals surface area (Å²) in [5, 5.41) is 0. The fourth-order valence-corrected chi connectivity index (χ4v) is 1.94. The Morgan fingerprint density at radius 1 is 0.812 bits per heavy atom. The molecule has 2 rings (SSSR count). The van der Waals surface area contributed by atoms with E-state index < -0.39 is 0 Å². The van der Waals surface area contributed by atoms with E-state index >= 15 is 0 Å². The van der Waals surface area contributed by atoms with Crippen LogP contribution in [0.2, 0.25) is 0 Å². The van der Waals surface area contributed by atoms with Crippen molar-refractivity contribution in [1.29, 1.82) is 0 Å². The number of benzene rings is 2. The molecule has 0 bridgehead atoms. The average molecular weight is 210 g/mol. The van der Waals surface area contributed by atoms with Crippen LogP contribution in [0.3, 0.4) is 0 Å². The summed E-state index contributed by atoms with van der Waals surface area (Å²) < 4.78 is 0. The van der Waals surface area contributed by atoms with E-state index in [-0.39, 0.29) is 0 Å². The van der Waals surface area contributed by atoms with Gasteiger partial charge in [0, 0.05) is 0 Å². The summed E-state index contributed by atoms with van der Waals surface area (Å²) in [5.41, 5.74) is 5.38. The van der Waals surface area contributed by atoms with Gasteiger partial charge >= 0.3 is 0 Å². The van der Waals surface area contributed by atoms with Crippen molar-refractivity contribution in [2.45, 2.75) is 26.7 Å². The normalized spacial score (nSPS) is 10.8. The van der Waals surface area contributed by atoms with Crippen molar-refractivity contribution in [3.05, 3.63) is 59.7 Å². The summed E-state index contributed by atoms with van der Waals surface area (Å²) in [7, 11) is 0. The fourth-order valence-electron chi connectivity index (χ4n) is 1.94. The molecule has 0 aliphatic heterocycles. The van der Waals surface area contributed by atoms with E-state index in [2.05, 4.69) is 69.3 Å². The molecule has 0 aliphatic rings. The van der Waals surface area contributed by atoms with Crippen LogP contribution >= 0.6 is 0 Å². The molecule has 0 unspecified atom stereocenters. The van der Waals surface area contributed by atoms with Gasteiger partial charge in [-0.3, -0.25) is 0 Å². The second-order valence-electron chi connectivity index (χ2n) is 4.65. The van der Waals surface area contributed by atoms with Gasteiger partial charge in [-0.2, -0.15) is 0 Å². The first kappa shape index (κ1) is 10.9. The second kappa shape index (κ2) is 4.52. The SMILES string of the molecule is Cc1cc(-c2ccccc2)cc(C(C)C)c1. The first-order chi connectivity index (χ1) is 7.66. The van der Waals surface area contributed by atoms with Crippen molar-refractivity contribution in [2.75, 3.05) is 0 Å². The lowest BCUT2D eigenvalue weighted by Gasteiger charge is -2.10. The van der Waals surface area contributed by atoms with Gasteiger partial charge in [-0.1, -0.05) is 67.9 Å². The Kier molecular flexibility index (Phi) is 3.09. The monoisotopic (exact) mass is 210 g/mol. The van der Waals surface area contributed by atoms with Crippen LogP contribution in [0.5, 0.6) is 0 Å². The van der Waals surface area contributed by atoms with Crippen LogP contribution in [0.25, 0.3) is 11.1 Å². The predicted molar refractivity (Wildman–Crippen MR) is 70.7 cm³/mol. The summed E-state index contributed by atoms with van der Waals surface area (Å²) >= 11 is 0. The summed E-state index contributed by atoms with van der Waals surface area (Å²) in [6.45, 7) is 6.64. The zero-order valence-corrected chi connectivity index (χ0v) is 10.2. The Balaban J connectivity index is 2.50. The van der Waals surface area contributed by atoms with Crippen molar-refractivity contribution in [1.82, 2.24) is 0 Å². The highest BCUT2D eigenvalue weighted by Crippen LogP contribution is 2.25. The van der Waals surface area contributed by atoms with E-state index in [1.807, 2.05) is 0 Å². The van der Waals surface area contributed by atoms with Crippen LogP contribution in [-0.2, 0) is 0 Å². The third-order valence-electron chi connectivity index (χ3n) is 2.87. The Bertz CT molecular complexity index is 467. The van der Waals surface area contributed by atoms with Crippen LogP contribution in [0.1, 0.15) is 30.9 Å². The van der Waals surface area contributed by atoms with Gasteiger partial charge < -0.3 is 0 Å². The molecule has 0 N–H and O–H groups in total. The molecule has 0 heteroatoms. The number of hydrogen-bond acceptors (Lipinski definition) is 0. The maximum absolute atomic E-state index is 2.30. The molecule has 0 heterocycles. The molecule has 2 aromatic carbocycles. The Morgan fingerprint density at radius 2 is 1.50 bits per heavy atom. The van der Waals surface area contributed by atoms with Gasteiger partial charge in [0.05, 0.1) is 0 Å². The number of rotatable bonds is 2. The van der Waals surface area contributed by atoms with Gasteiger partial charge in [-0.05, 0) is 29.5 Å². The van der Waals surface area contributed by atoms with E-state index in [1.54, 1.807) is 0 Å². The first-order valence-electron chi connectivity index (χ1n) is 5.84. The van der Waals surface area contributed by atoms with E-state index in [4.69, 9.17) is 0 Å². The van der Waals surface area contributed by atoms with Crippen LogP contribution in [-0.4, -0.2) is 0 Å². The first-order valence-corrected chi connectivity index (χ1v) is 5.84. The van der Waals surface area contributed by atoms with Crippen molar-refractivity contribution in [3.63, 3.8) is 0 Å². The van der Waals surface area contributed by atoms with E-state index in [0.717, 1.165) is 0 Å². The largest absolute Gasteiger partial charge is 0.0622 e. The van der Waals surface area contributed by atoms with Gasteiger partial charge in [-0.15, -0.1) is 0 Å². The van der Waals surface area contributed by atoms with E-state index in [0.29, 0.717) is 5.92 Å². The van der Waals surface area contributed by atoms with Gasteiger partial charge in [0.15, 0.2) is 0 Å². The van der Waals surface area contributed by atoms with E-state index in [9.17, 15) is 0 Å². The van der Waals surface area contributed by atoms with Gasteiger partial charge in [-0.25, -0.2) is 0 Å². The topological polar surface area (TPSA) is 0 Å². The molecule has 2 aromatic rings.